The van der Waals surface area contributed by atoms with Gasteiger partial charge >= 0.3 is 0 Å². The second kappa shape index (κ2) is 4.23. The minimum absolute atomic E-state index is 0.352. The molecule has 0 aliphatic carbocycles. The van der Waals surface area contributed by atoms with E-state index in [1.165, 1.54) is 29.2 Å². The summed E-state index contributed by atoms with van der Waals surface area (Å²) in [4.78, 5) is 6.86. The Bertz CT molecular complexity index is 571. The summed E-state index contributed by atoms with van der Waals surface area (Å²) in [6.45, 7) is 3.32. The first kappa shape index (κ1) is 11.3. The van der Waals surface area contributed by atoms with Crippen LogP contribution in [0, 0.1) is 0 Å². The number of hydrogen-bond donors (Lipinski definition) is 1. The van der Waals surface area contributed by atoms with Crippen LogP contribution < -0.4 is 10.2 Å². The summed E-state index contributed by atoms with van der Waals surface area (Å²) >= 11 is 1.75. The minimum atomic E-state index is 0.352. The van der Waals surface area contributed by atoms with Crippen LogP contribution in [0.1, 0.15) is 18.4 Å². The summed E-state index contributed by atoms with van der Waals surface area (Å²) < 4.78 is 0. The molecule has 3 heterocycles. The van der Waals surface area contributed by atoms with Crippen molar-refractivity contribution < 1.29 is 0 Å². The second-order valence-corrected chi connectivity index (χ2v) is 6.35. The van der Waals surface area contributed by atoms with Gasteiger partial charge in [-0.3, -0.25) is 0 Å². The SMILES string of the molecule is c1ccc2c(c1)NCC21CCN(c2nccs2)CC1. The molecule has 98 valence electrons. The first-order chi connectivity index (χ1) is 9.37. The van der Waals surface area contributed by atoms with Gasteiger partial charge in [0, 0.05) is 42.3 Å². The van der Waals surface area contributed by atoms with Gasteiger partial charge in [0.1, 0.15) is 0 Å². The van der Waals surface area contributed by atoms with Gasteiger partial charge in [-0.05, 0) is 24.5 Å². The summed E-state index contributed by atoms with van der Waals surface area (Å²) in [7, 11) is 0. The molecule has 0 bridgehead atoms. The molecule has 0 amide bonds. The van der Waals surface area contributed by atoms with Crippen LogP contribution in [-0.4, -0.2) is 24.6 Å². The van der Waals surface area contributed by atoms with Crippen molar-refractivity contribution in [3.63, 3.8) is 0 Å². The van der Waals surface area contributed by atoms with Crippen molar-refractivity contribution in [3.8, 4) is 0 Å². The van der Waals surface area contributed by atoms with Crippen molar-refractivity contribution in [3.05, 3.63) is 41.4 Å². The van der Waals surface area contributed by atoms with Crippen LogP contribution in [0.5, 0.6) is 0 Å². The maximum Gasteiger partial charge on any atom is 0.185 e. The Balaban J connectivity index is 1.57. The van der Waals surface area contributed by atoms with Gasteiger partial charge in [-0.25, -0.2) is 4.98 Å². The number of para-hydroxylation sites is 1. The quantitative estimate of drug-likeness (QED) is 0.864. The van der Waals surface area contributed by atoms with Crippen molar-refractivity contribution in [2.45, 2.75) is 18.3 Å². The molecule has 4 heteroatoms. The molecule has 2 aromatic rings. The van der Waals surface area contributed by atoms with Gasteiger partial charge in [-0.2, -0.15) is 0 Å². The molecule has 1 aromatic carbocycles. The fourth-order valence-electron chi connectivity index (χ4n) is 3.40. The van der Waals surface area contributed by atoms with Crippen molar-refractivity contribution >= 4 is 22.2 Å². The molecule has 0 saturated carbocycles. The molecule has 1 spiro atoms. The maximum absolute atomic E-state index is 4.43. The lowest BCUT2D eigenvalue weighted by Crippen LogP contribution is -2.43. The van der Waals surface area contributed by atoms with Gasteiger partial charge in [0.05, 0.1) is 0 Å². The van der Waals surface area contributed by atoms with Crippen LogP contribution in [-0.2, 0) is 5.41 Å². The molecule has 1 saturated heterocycles. The number of anilines is 2. The zero-order chi connectivity index (χ0) is 12.7. The fraction of sp³-hybridized carbons (Fsp3) is 0.400. The number of thiazole rings is 1. The van der Waals surface area contributed by atoms with E-state index < -0.39 is 0 Å². The Morgan fingerprint density at radius 1 is 1.21 bits per heavy atom. The van der Waals surface area contributed by atoms with Crippen molar-refractivity contribution in [1.29, 1.82) is 0 Å². The predicted octanol–water partition coefficient (Wildman–Crippen LogP) is 3.11. The normalized spacial score (nSPS) is 20.3. The number of aromatic nitrogens is 1. The largest absolute Gasteiger partial charge is 0.384 e. The van der Waals surface area contributed by atoms with Crippen molar-refractivity contribution in [2.75, 3.05) is 29.9 Å². The lowest BCUT2D eigenvalue weighted by atomic mass is 9.74. The predicted molar refractivity (Wildman–Crippen MR) is 80.2 cm³/mol. The van der Waals surface area contributed by atoms with Crippen molar-refractivity contribution in [2.24, 2.45) is 0 Å². The Labute approximate surface area is 117 Å². The number of rotatable bonds is 1. The van der Waals surface area contributed by atoms with Gasteiger partial charge in [0.15, 0.2) is 5.13 Å². The number of nitrogens with one attached hydrogen (secondary N) is 1. The number of nitrogens with zero attached hydrogens (tertiary/aromatic N) is 2. The van der Waals surface area contributed by atoms with Gasteiger partial charge in [-0.15, -0.1) is 11.3 Å². The van der Waals surface area contributed by atoms with Crippen LogP contribution in [0.2, 0.25) is 0 Å². The molecule has 0 atom stereocenters. The monoisotopic (exact) mass is 271 g/mol. The van der Waals surface area contributed by atoms with E-state index in [1.54, 1.807) is 11.3 Å². The maximum atomic E-state index is 4.43. The molecule has 4 rings (SSSR count). The lowest BCUT2D eigenvalue weighted by molar-refractivity contribution is 0.362. The topological polar surface area (TPSA) is 28.2 Å². The smallest absolute Gasteiger partial charge is 0.185 e. The molecule has 0 radical (unpaired) electrons. The third kappa shape index (κ3) is 1.74. The van der Waals surface area contributed by atoms with E-state index in [0.29, 0.717) is 5.41 Å². The van der Waals surface area contributed by atoms with E-state index in [9.17, 15) is 0 Å². The molecular weight excluding hydrogens is 254 g/mol. The second-order valence-electron chi connectivity index (χ2n) is 5.48. The highest BCUT2D eigenvalue weighted by molar-refractivity contribution is 7.13. The van der Waals surface area contributed by atoms with Crippen LogP contribution in [0.15, 0.2) is 35.8 Å². The van der Waals surface area contributed by atoms with E-state index in [-0.39, 0.29) is 0 Å². The van der Waals surface area contributed by atoms with Crippen LogP contribution in [0.25, 0.3) is 0 Å². The zero-order valence-corrected chi connectivity index (χ0v) is 11.6. The third-order valence-electron chi connectivity index (χ3n) is 4.53. The van der Waals surface area contributed by atoms with Crippen LogP contribution in [0.3, 0.4) is 0 Å². The number of benzene rings is 1. The zero-order valence-electron chi connectivity index (χ0n) is 10.8. The average Bonchev–Trinajstić information content (AvgIpc) is 3.10. The standard InChI is InChI=1S/C15H17N3S/c1-2-4-13-12(3-1)15(11-17-13)5-8-18(9-6-15)14-16-7-10-19-14/h1-4,7,10,17H,5-6,8-9,11H2. The Morgan fingerprint density at radius 3 is 2.84 bits per heavy atom. The molecule has 0 unspecified atom stereocenters. The molecule has 2 aliphatic rings. The third-order valence-corrected chi connectivity index (χ3v) is 5.36. The van der Waals surface area contributed by atoms with E-state index in [2.05, 4.69) is 44.8 Å². The number of hydrogen-bond acceptors (Lipinski definition) is 4. The summed E-state index contributed by atoms with van der Waals surface area (Å²) in [6.07, 6.45) is 4.34. The highest BCUT2D eigenvalue weighted by atomic mass is 32.1. The van der Waals surface area contributed by atoms with E-state index in [0.717, 1.165) is 19.6 Å². The molecular formula is C15H17N3S. The van der Waals surface area contributed by atoms with Gasteiger partial charge < -0.3 is 10.2 Å². The molecule has 1 fully saturated rings. The van der Waals surface area contributed by atoms with Gasteiger partial charge in [0.25, 0.3) is 0 Å². The molecule has 3 nitrogen and oxygen atoms in total. The molecule has 2 aliphatic heterocycles. The number of fused-ring (bicyclic) bond motifs is 2. The average molecular weight is 271 g/mol. The first-order valence-electron chi connectivity index (χ1n) is 6.85. The van der Waals surface area contributed by atoms with Crippen LogP contribution >= 0.6 is 11.3 Å². The summed E-state index contributed by atoms with van der Waals surface area (Å²) in [5.74, 6) is 0. The summed E-state index contributed by atoms with van der Waals surface area (Å²) in [5, 5.41) is 6.82. The Kier molecular flexibility index (Phi) is 2.52. The summed E-state index contributed by atoms with van der Waals surface area (Å²) in [6, 6.07) is 8.79. The highest BCUT2D eigenvalue weighted by Crippen LogP contribution is 2.44. The van der Waals surface area contributed by atoms with Crippen LogP contribution in [0.4, 0.5) is 10.8 Å². The highest BCUT2D eigenvalue weighted by Gasteiger charge is 2.41. The van der Waals surface area contributed by atoms with E-state index >= 15 is 0 Å². The first-order valence-corrected chi connectivity index (χ1v) is 7.73. The van der Waals surface area contributed by atoms with Gasteiger partial charge in [-0.1, -0.05) is 18.2 Å². The van der Waals surface area contributed by atoms with E-state index in [1.807, 2.05) is 6.20 Å². The fourth-order valence-corrected chi connectivity index (χ4v) is 4.10. The number of piperidine rings is 1. The van der Waals surface area contributed by atoms with Gasteiger partial charge in [0.2, 0.25) is 0 Å². The Morgan fingerprint density at radius 2 is 2.05 bits per heavy atom. The van der Waals surface area contributed by atoms with Crippen molar-refractivity contribution in [1.82, 2.24) is 4.98 Å². The molecule has 1 aromatic heterocycles. The molecule has 19 heavy (non-hydrogen) atoms. The summed E-state index contributed by atoms with van der Waals surface area (Å²) in [5.41, 5.74) is 3.21. The Hall–Kier alpha value is -1.55. The molecule has 1 N–H and O–H groups in total. The van der Waals surface area contributed by atoms with E-state index in [4.69, 9.17) is 0 Å². The lowest BCUT2D eigenvalue weighted by Gasteiger charge is -2.39. The minimum Gasteiger partial charge on any atom is -0.384 e.